The minimum atomic E-state index is 0.232. The minimum absolute atomic E-state index is 0.232. The summed E-state index contributed by atoms with van der Waals surface area (Å²) >= 11 is 1.81. The summed E-state index contributed by atoms with van der Waals surface area (Å²) in [5, 5.41) is 4.78. The number of thiazole rings is 1. The van der Waals surface area contributed by atoms with Gasteiger partial charge in [-0.3, -0.25) is 0 Å². The molecule has 0 spiro atoms. The van der Waals surface area contributed by atoms with Gasteiger partial charge in [-0.05, 0) is 50.3 Å². The Morgan fingerprint density at radius 3 is 2.75 bits per heavy atom. The van der Waals surface area contributed by atoms with E-state index in [0.29, 0.717) is 0 Å². The van der Waals surface area contributed by atoms with Crippen molar-refractivity contribution in [3.8, 4) is 0 Å². The van der Waals surface area contributed by atoms with Crippen molar-refractivity contribution < 1.29 is 0 Å². The van der Waals surface area contributed by atoms with Crippen LogP contribution in [-0.4, -0.2) is 11.5 Å². The third-order valence-electron chi connectivity index (χ3n) is 3.99. The van der Waals surface area contributed by atoms with Gasteiger partial charge >= 0.3 is 0 Å². The van der Waals surface area contributed by atoms with Crippen LogP contribution in [0.4, 0.5) is 0 Å². The molecule has 1 N–H and O–H groups in total. The van der Waals surface area contributed by atoms with Crippen LogP contribution in [0.25, 0.3) is 0 Å². The van der Waals surface area contributed by atoms with Crippen molar-refractivity contribution >= 4 is 11.3 Å². The summed E-state index contributed by atoms with van der Waals surface area (Å²) in [6, 6.07) is 9.29. The van der Waals surface area contributed by atoms with Crippen molar-refractivity contribution in [3.63, 3.8) is 0 Å². The number of nitrogens with one attached hydrogen (secondary N) is 1. The van der Waals surface area contributed by atoms with E-state index in [1.807, 2.05) is 11.3 Å². The Morgan fingerprint density at radius 2 is 2.15 bits per heavy atom. The third kappa shape index (κ3) is 2.79. The number of rotatable bonds is 5. The van der Waals surface area contributed by atoms with E-state index in [9.17, 15) is 0 Å². The number of hydrogen-bond acceptors (Lipinski definition) is 3. The zero-order chi connectivity index (χ0) is 14.1. The first-order chi connectivity index (χ1) is 9.69. The average Bonchev–Trinajstić information content (AvgIpc) is 3.24. The number of benzene rings is 1. The van der Waals surface area contributed by atoms with Gasteiger partial charge < -0.3 is 5.32 Å². The number of aryl methyl sites for hydroxylation is 2. The molecule has 20 heavy (non-hydrogen) atoms. The quantitative estimate of drug-likeness (QED) is 0.884. The molecule has 1 aliphatic carbocycles. The van der Waals surface area contributed by atoms with Crippen LogP contribution in [0, 0.1) is 13.8 Å². The number of aromatic nitrogens is 1. The van der Waals surface area contributed by atoms with Crippen molar-refractivity contribution in [2.45, 2.75) is 45.6 Å². The second-order valence-electron chi connectivity index (χ2n) is 5.63. The van der Waals surface area contributed by atoms with E-state index in [4.69, 9.17) is 4.98 Å². The lowest BCUT2D eigenvalue weighted by Crippen LogP contribution is -2.22. The first-order valence-corrected chi connectivity index (χ1v) is 8.28. The van der Waals surface area contributed by atoms with E-state index in [0.717, 1.165) is 18.2 Å². The van der Waals surface area contributed by atoms with Crippen molar-refractivity contribution in [3.05, 3.63) is 51.0 Å². The lowest BCUT2D eigenvalue weighted by molar-refractivity contribution is 0.625. The van der Waals surface area contributed by atoms with Crippen LogP contribution in [-0.2, 0) is 0 Å². The Kier molecular flexibility index (Phi) is 3.90. The number of hydrogen-bond donors (Lipinski definition) is 1. The van der Waals surface area contributed by atoms with E-state index in [2.05, 4.69) is 50.4 Å². The van der Waals surface area contributed by atoms with Crippen LogP contribution in [0.5, 0.6) is 0 Å². The molecule has 1 unspecified atom stereocenters. The van der Waals surface area contributed by atoms with E-state index in [1.165, 1.54) is 33.9 Å². The van der Waals surface area contributed by atoms with E-state index in [-0.39, 0.29) is 6.04 Å². The van der Waals surface area contributed by atoms with Gasteiger partial charge in [0, 0.05) is 4.88 Å². The zero-order valence-corrected chi connectivity index (χ0v) is 13.3. The molecule has 1 fully saturated rings. The molecule has 2 nitrogen and oxygen atoms in total. The van der Waals surface area contributed by atoms with Crippen LogP contribution < -0.4 is 5.32 Å². The molecule has 0 bridgehead atoms. The molecule has 1 aromatic heterocycles. The van der Waals surface area contributed by atoms with Gasteiger partial charge in [-0.2, -0.15) is 0 Å². The van der Waals surface area contributed by atoms with Gasteiger partial charge in [0.25, 0.3) is 0 Å². The molecule has 0 amide bonds. The average molecular weight is 286 g/mol. The molecular formula is C17H22N2S. The molecule has 3 heteroatoms. The summed E-state index contributed by atoms with van der Waals surface area (Å²) in [6.07, 6.45) is 2.70. The molecule has 2 aromatic rings. The highest BCUT2D eigenvalue weighted by Crippen LogP contribution is 2.41. The predicted octanol–water partition coefficient (Wildman–Crippen LogP) is 4.34. The summed E-state index contributed by atoms with van der Waals surface area (Å²) in [5.74, 6) is 0.803. The predicted molar refractivity (Wildman–Crippen MR) is 85.5 cm³/mol. The summed E-state index contributed by atoms with van der Waals surface area (Å²) in [6.45, 7) is 7.36. The summed E-state index contributed by atoms with van der Waals surface area (Å²) in [7, 11) is 0. The molecule has 3 rings (SSSR count). The maximum atomic E-state index is 4.75. The Labute approximate surface area is 125 Å². The normalized spacial score (nSPS) is 16.4. The second kappa shape index (κ2) is 5.66. The second-order valence-corrected chi connectivity index (χ2v) is 6.86. The maximum absolute atomic E-state index is 4.75. The molecule has 0 saturated heterocycles. The molecular weight excluding hydrogens is 264 g/mol. The van der Waals surface area contributed by atoms with E-state index < -0.39 is 0 Å². The van der Waals surface area contributed by atoms with Gasteiger partial charge in [-0.1, -0.05) is 31.2 Å². The molecule has 1 aliphatic rings. The fourth-order valence-electron chi connectivity index (χ4n) is 2.58. The SMILES string of the molecule is CCNC(c1cccc(C2CC2)c1)c1nc(C)c(C)s1. The zero-order valence-electron chi connectivity index (χ0n) is 12.4. The fourth-order valence-corrected chi connectivity index (χ4v) is 3.61. The number of nitrogens with zero attached hydrogens (tertiary/aromatic N) is 1. The summed E-state index contributed by atoms with van der Waals surface area (Å²) in [4.78, 5) is 6.07. The highest BCUT2D eigenvalue weighted by Gasteiger charge is 2.25. The van der Waals surface area contributed by atoms with Crippen LogP contribution in [0.15, 0.2) is 24.3 Å². The lowest BCUT2D eigenvalue weighted by atomic mass is 10.0. The molecule has 0 aliphatic heterocycles. The minimum Gasteiger partial charge on any atom is -0.305 e. The Bertz CT molecular complexity index is 579. The molecule has 1 saturated carbocycles. The Morgan fingerprint density at radius 1 is 1.35 bits per heavy atom. The van der Waals surface area contributed by atoms with Crippen molar-refractivity contribution in [2.75, 3.05) is 6.54 Å². The maximum Gasteiger partial charge on any atom is 0.115 e. The molecule has 1 atom stereocenters. The first-order valence-electron chi connectivity index (χ1n) is 7.46. The van der Waals surface area contributed by atoms with Crippen LogP contribution >= 0.6 is 11.3 Å². The van der Waals surface area contributed by atoms with Crippen molar-refractivity contribution in [1.29, 1.82) is 0 Å². The van der Waals surface area contributed by atoms with Gasteiger partial charge in [0.2, 0.25) is 0 Å². The van der Waals surface area contributed by atoms with E-state index >= 15 is 0 Å². The summed E-state index contributed by atoms with van der Waals surface area (Å²) in [5.41, 5.74) is 4.01. The van der Waals surface area contributed by atoms with Crippen molar-refractivity contribution in [1.82, 2.24) is 10.3 Å². The Hall–Kier alpha value is -1.19. The fraction of sp³-hybridized carbons (Fsp3) is 0.471. The largest absolute Gasteiger partial charge is 0.305 e. The summed E-state index contributed by atoms with van der Waals surface area (Å²) < 4.78 is 0. The molecule has 0 radical (unpaired) electrons. The van der Waals surface area contributed by atoms with Gasteiger partial charge in [-0.15, -0.1) is 11.3 Å². The van der Waals surface area contributed by atoms with Gasteiger partial charge in [0.15, 0.2) is 0 Å². The third-order valence-corrected chi connectivity index (χ3v) is 5.13. The highest BCUT2D eigenvalue weighted by atomic mass is 32.1. The highest BCUT2D eigenvalue weighted by molar-refractivity contribution is 7.11. The Balaban J connectivity index is 1.95. The van der Waals surface area contributed by atoms with Crippen LogP contribution in [0.1, 0.15) is 58.4 Å². The van der Waals surface area contributed by atoms with Crippen molar-refractivity contribution in [2.24, 2.45) is 0 Å². The van der Waals surface area contributed by atoms with E-state index in [1.54, 1.807) is 0 Å². The molecule has 1 heterocycles. The first kappa shape index (κ1) is 13.8. The lowest BCUT2D eigenvalue weighted by Gasteiger charge is -2.17. The van der Waals surface area contributed by atoms with Gasteiger partial charge in [0.1, 0.15) is 5.01 Å². The van der Waals surface area contributed by atoms with Crippen LogP contribution in [0.2, 0.25) is 0 Å². The van der Waals surface area contributed by atoms with Crippen LogP contribution in [0.3, 0.4) is 0 Å². The van der Waals surface area contributed by atoms with Gasteiger partial charge in [0.05, 0.1) is 11.7 Å². The van der Waals surface area contributed by atoms with Gasteiger partial charge in [-0.25, -0.2) is 4.98 Å². The topological polar surface area (TPSA) is 24.9 Å². The molecule has 106 valence electrons. The molecule has 1 aromatic carbocycles. The smallest absolute Gasteiger partial charge is 0.115 e. The monoisotopic (exact) mass is 286 g/mol. The standard InChI is InChI=1S/C17H22N2S/c1-4-18-16(17-19-11(2)12(3)20-17)15-7-5-6-14(10-15)13-8-9-13/h5-7,10,13,16,18H,4,8-9H2,1-3H3.